The largest absolute Gasteiger partial charge is 0.497 e. The highest BCUT2D eigenvalue weighted by Crippen LogP contribution is 2.30. The van der Waals surface area contributed by atoms with Crippen LogP contribution < -0.4 is 14.5 Å². The maximum Gasteiger partial charge on any atom is 0.287 e. The van der Waals surface area contributed by atoms with Crippen molar-refractivity contribution in [3.8, 4) is 11.5 Å². The zero-order valence-electron chi connectivity index (χ0n) is 16.9. The van der Waals surface area contributed by atoms with Gasteiger partial charge in [0.05, 0.1) is 23.5 Å². The monoisotopic (exact) mass is 469 g/mol. The van der Waals surface area contributed by atoms with Crippen molar-refractivity contribution in [2.75, 3.05) is 18.7 Å². The van der Waals surface area contributed by atoms with Gasteiger partial charge in [-0.25, -0.2) is 9.37 Å². The minimum absolute atomic E-state index is 0.272. The molecule has 162 valence electrons. The molecule has 1 amide bonds. The number of nitrogens with zero attached hydrogens (tertiary/aromatic N) is 3. The zero-order chi connectivity index (χ0) is 22.5. The van der Waals surface area contributed by atoms with Crippen LogP contribution in [-0.4, -0.2) is 30.8 Å². The van der Waals surface area contributed by atoms with E-state index in [1.807, 2.05) is 12.1 Å². The molecule has 1 aromatic heterocycles. The minimum atomic E-state index is -0.441. The molecule has 0 fully saturated rings. The lowest BCUT2D eigenvalue weighted by Crippen LogP contribution is -2.30. The summed E-state index contributed by atoms with van der Waals surface area (Å²) in [7, 11) is 1.58. The van der Waals surface area contributed by atoms with Crippen LogP contribution in [0.3, 0.4) is 0 Å². The van der Waals surface area contributed by atoms with E-state index in [4.69, 9.17) is 21.1 Å². The third-order valence-corrected chi connectivity index (χ3v) is 5.62. The molecule has 4 rings (SSSR count). The van der Waals surface area contributed by atoms with E-state index in [9.17, 15) is 9.18 Å². The predicted octanol–water partition coefficient (Wildman–Crippen LogP) is 5.54. The van der Waals surface area contributed by atoms with Crippen molar-refractivity contribution in [3.05, 3.63) is 83.1 Å². The van der Waals surface area contributed by atoms with Gasteiger partial charge in [0.1, 0.15) is 17.3 Å². The summed E-state index contributed by atoms with van der Waals surface area (Å²) in [6.45, 7) is -0.272. The number of amides is 1. The van der Waals surface area contributed by atoms with Crippen molar-refractivity contribution >= 4 is 50.4 Å². The Kier molecular flexibility index (Phi) is 6.63. The number of aromatic nitrogens is 1. The van der Waals surface area contributed by atoms with E-state index >= 15 is 0 Å². The van der Waals surface area contributed by atoms with Crippen LogP contribution in [0.2, 0.25) is 5.02 Å². The number of fused-ring (bicyclic) bond motifs is 1. The van der Waals surface area contributed by atoms with Crippen molar-refractivity contribution in [1.82, 2.24) is 4.98 Å². The molecular formula is C23H17ClFN3O3S. The van der Waals surface area contributed by atoms with Crippen LogP contribution in [0.1, 0.15) is 5.56 Å². The van der Waals surface area contributed by atoms with E-state index in [1.165, 1.54) is 18.3 Å². The highest BCUT2D eigenvalue weighted by atomic mass is 35.5. The van der Waals surface area contributed by atoms with Crippen LogP contribution in [0, 0.1) is 5.82 Å². The Labute approximate surface area is 192 Å². The summed E-state index contributed by atoms with van der Waals surface area (Å²) in [6, 6.07) is 18.1. The smallest absolute Gasteiger partial charge is 0.287 e. The Bertz CT molecular complexity index is 1260. The number of hydrogen-bond donors (Lipinski definition) is 0. The lowest BCUT2D eigenvalue weighted by molar-refractivity contribution is -0.120. The number of hydrazone groups is 1. The SMILES string of the molecule is COc1ccc(/C=N/N(C(=O)COc2ccc(Cl)cc2)c2nc3ccc(F)cc3s2)cc1. The van der Waals surface area contributed by atoms with Crippen LogP contribution >= 0.6 is 22.9 Å². The van der Waals surface area contributed by atoms with Crippen LogP contribution in [-0.2, 0) is 4.79 Å². The average molecular weight is 470 g/mol. The number of thiazole rings is 1. The Hall–Kier alpha value is -3.49. The van der Waals surface area contributed by atoms with E-state index in [1.54, 1.807) is 49.6 Å². The second-order valence-corrected chi connectivity index (χ2v) is 8.02. The summed E-state index contributed by atoms with van der Waals surface area (Å²) in [6.07, 6.45) is 1.53. The first-order chi connectivity index (χ1) is 15.5. The van der Waals surface area contributed by atoms with Gasteiger partial charge in [-0.3, -0.25) is 4.79 Å². The molecule has 0 radical (unpaired) electrons. The third kappa shape index (κ3) is 5.22. The normalized spacial score (nSPS) is 11.1. The molecule has 1 heterocycles. The molecule has 0 bridgehead atoms. The lowest BCUT2D eigenvalue weighted by Gasteiger charge is -2.14. The average Bonchev–Trinajstić information content (AvgIpc) is 3.22. The van der Waals surface area contributed by atoms with E-state index in [0.717, 1.165) is 21.9 Å². The number of hydrogen-bond acceptors (Lipinski definition) is 6. The predicted molar refractivity (Wildman–Crippen MR) is 125 cm³/mol. The molecule has 0 aliphatic rings. The van der Waals surface area contributed by atoms with Gasteiger partial charge in [-0.1, -0.05) is 22.9 Å². The number of ether oxygens (including phenoxy) is 2. The Morgan fingerprint density at radius 3 is 2.56 bits per heavy atom. The summed E-state index contributed by atoms with van der Waals surface area (Å²) in [4.78, 5) is 17.4. The van der Waals surface area contributed by atoms with Gasteiger partial charge in [0, 0.05) is 5.02 Å². The lowest BCUT2D eigenvalue weighted by atomic mass is 10.2. The molecule has 0 aliphatic carbocycles. The van der Waals surface area contributed by atoms with Gasteiger partial charge in [0.2, 0.25) is 5.13 Å². The summed E-state index contributed by atoms with van der Waals surface area (Å²) in [5.41, 5.74) is 1.33. The molecule has 0 saturated heterocycles. The second kappa shape index (κ2) is 9.76. The van der Waals surface area contributed by atoms with Gasteiger partial charge in [0.15, 0.2) is 6.61 Å². The molecule has 0 saturated carbocycles. The maximum absolute atomic E-state index is 13.6. The molecule has 6 nitrogen and oxygen atoms in total. The van der Waals surface area contributed by atoms with Gasteiger partial charge >= 0.3 is 0 Å². The summed E-state index contributed by atoms with van der Waals surface area (Å²) in [5, 5.41) is 6.36. The highest BCUT2D eigenvalue weighted by molar-refractivity contribution is 7.22. The van der Waals surface area contributed by atoms with Gasteiger partial charge in [-0.2, -0.15) is 10.1 Å². The van der Waals surface area contributed by atoms with Crippen molar-refractivity contribution in [1.29, 1.82) is 0 Å². The number of methoxy groups -OCH3 is 1. The first-order valence-corrected chi connectivity index (χ1v) is 10.7. The first-order valence-electron chi connectivity index (χ1n) is 9.47. The summed E-state index contributed by atoms with van der Waals surface area (Å²) >= 11 is 7.04. The number of carbonyl (C=O) groups is 1. The first kappa shape index (κ1) is 21.7. The van der Waals surface area contributed by atoms with Crippen molar-refractivity contribution < 1.29 is 18.7 Å². The molecule has 0 spiro atoms. The molecule has 0 aliphatic heterocycles. The van der Waals surface area contributed by atoms with Crippen LogP contribution in [0.15, 0.2) is 71.8 Å². The van der Waals surface area contributed by atoms with Gasteiger partial charge < -0.3 is 9.47 Å². The topological polar surface area (TPSA) is 64.0 Å². The number of rotatable bonds is 7. The number of anilines is 1. The van der Waals surface area contributed by atoms with Crippen molar-refractivity contribution in [2.45, 2.75) is 0 Å². The van der Waals surface area contributed by atoms with Gasteiger partial charge in [-0.05, 0) is 72.3 Å². The molecule has 0 unspecified atom stereocenters. The fraction of sp³-hybridized carbons (Fsp3) is 0.0870. The van der Waals surface area contributed by atoms with Crippen LogP contribution in [0.4, 0.5) is 9.52 Å². The molecule has 4 aromatic rings. The fourth-order valence-electron chi connectivity index (χ4n) is 2.75. The van der Waals surface area contributed by atoms with E-state index < -0.39 is 5.91 Å². The standard InChI is InChI=1S/C23H17ClFN3O3S/c1-30-18-7-2-15(3-8-18)13-26-28(22(29)14-31-19-9-4-16(24)5-10-19)23-27-20-11-6-17(25)12-21(20)32-23/h2-13H,14H2,1H3/b26-13+. The van der Waals surface area contributed by atoms with Crippen LogP contribution in [0.5, 0.6) is 11.5 Å². The Balaban J connectivity index is 1.60. The van der Waals surface area contributed by atoms with Crippen molar-refractivity contribution in [3.63, 3.8) is 0 Å². The summed E-state index contributed by atoms with van der Waals surface area (Å²) in [5.74, 6) is 0.385. The van der Waals surface area contributed by atoms with Crippen LogP contribution in [0.25, 0.3) is 10.2 Å². The number of carbonyl (C=O) groups excluding carboxylic acids is 1. The molecule has 0 atom stereocenters. The summed E-state index contributed by atoms with van der Waals surface area (Å²) < 4.78 is 24.9. The molecule has 0 N–H and O–H groups in total. The second-order valence-electron chi connectivity index (χ2n) is 6.57. The minimum Gasteiger partial charge on any atom is -0.497 e. The fourth-order valence-corrected chi connectivity index (χ4v) is 3.84. The maximum atomic E-state index is 13.6. The quantitative estimate of drug-likeness (QED) is 0.263. The van der Waals surface area contributed by atoms with Gasteiger partial charge in [-0.15, -0.1) is 0 Å². The Morgan fingerprint density at radius 1 is 1.12 bits per heavy atom. The molecule has 32 heavy (non-hydrogen) atoms. The highest BCUT2D eigenvalue weighted by Gasteiger charge is 2.20. The Morgan fingerprint density at radius 2 is 1.84 bits per heavy atom. The molecular weight excluding hydrogens is 453 g/mol. The molecule has 9 heteroatoms. The van der Waals surface area contributed by atoms with E-state index in [2.05, 4.69) is 10.1 Å². The van der Waals surface area contributed by atoms with E-state index in [-0.39, 0.29) is 12.4 Å². The zero-order valence-corrected chi connectivity index (χ0v) is 18.4. The molecule has 3 aromatic carbocycles. The van der Waals surface area contributed by atoms with Crippen molar-refractivity contribution in [2.24, 2.45) is 5.10 Å². The number of halogens is 2. The van der Waals surface area contributed by atoms with E-state index in [0.29, 0.717) is 31.9 Å². The number of benzene rings is 3. The van der Waals surface area contributed by atoms with Gasteiger partial charge in [0.25, 0.3) is 5.91 Å². The third-order valence-electron chi connectivity index (χ3n) is 4.37.